The molecule has 1 aromatic carbocycles. The largest absolute Gasteiger partial charge is 0.453 e. The van der Waals surface area contributed by atoms with Crippen molar-refractivity contribution in [3.05, 3.63) is 35.9 Å². The minimum absolute atomic E-state index is 0.406. The van der Waals surface area contributed by atoms with Crippen LogP contribution in [0.15, 0.2) is 30.3 Å². The van der Waals surface area contributed by atoms with Crippen LogP contribution in [0.2, 0.25) is 0 Å². The molecule has 18 heavy (non-hydrogen) atoms. The Morgan fingerprint density at radius 2 is 2.11 bits per heavy atom. The molecule has 1 fully saturated rings. The Kier molecular flexibility index (Phi) is 4.35. The first-order valence-corrected chi connectivity index (χ1v) is 6.74. The summed E-state index contributed by atoms with van der Waals surface area (Å²) >= 11 is 3.08. The van der Waals surface area contributed by atoms with Crippen LogP contribution in [0.5, 0.6) is 0 Å². The third-order valence-corrected chi connectivity index (χ3v) is 3.61. The molecule has 0 aromatic heterocycles. The van der Waals surface area contributed by atoms with Crippen molar-refractivity contribution < 1.29 is 18.7 Å². The summed E-state index contributed by atoms with van der Waals surface area (Å²) < 4.78 is 24.4. The highest BCUT2D eigenvalue weighted by Gasteiger charge is 2.45. The van der Waals surface area contributed by atoms with Crippen molar-refractivity contribution in [2.24, 2.45) is 0 Å². The fourth-order valence-corrected chi connectivity index (χ4v) is 2.49. The van der Waals surface area contributed by atoms with Gasteiger partial charge in [-0.3, -0.25) is 0 Å². The molecule has 0 aliphatic carbocycles. The van der Waals surface area contributed by atoms with E-state index in [1.807, 2.05) is 6.92 Å². The fraction of sp³-hybridized carbons (Fsp3) is 0.462. The number of alkyl halides is 2. The zero-order valence-corrected chi connectivity index (χ0v) is 11.5. The van der Waals surface area contributed by atoms with Crippen molar-refractivity contribution in [1.82, 2.24) is 0 Å². The average molecular weight is 317 g/mol. The summed E-state index contributed by atoms with van der Waals surface area (Å²) in [5.74, 6) is -0.521. The molecule has 0 saturated carbocycles. The molecule has 1 aromatic rings. The summed E-state index contributed by atoms with van der Waals surface area (Å²) in [6, 6.07) is 8.55. The van der Waals surface area contributed by atoms with Crippen molar-refractivity contribution in [2.75, 3.05) is 0 Å². The third-order valence-electron chi connectivity index (χ3n) is 2.89. The molecule has 0 radical (unpaired) electrons. The van der Waals surface area contributed by atoms with E-state index in [-0.39, 0.29) is 0 Å². The Balaban J connectivity index is 2.06. The van der Waals surface area contributed by atoms with Gasteiger partial charge in [0.15, 0.2) is 12.3 Å². The molecule has 0 N–H and O–H groups in total. The van der Waals surface area contributed by atoms with E-state index in [1.54, 1.807) is 30.3 Å². The Hall–Kier alpha value is -0.940. The molecular weight excluding hydrogens is 303 g/mol. The molecule has 1 aliphatic rings. The molecule has 0 spiro atoms. The van der Waals surface area contributed by atoms with Crippen LogP contribution in [0.3, 0.4) is 0 Å². The van der Waals surface area contributed by atoms with E-state index in [1.165, 1.54) is 0 Å². The predicted molar refractivity (Wildman–Crippen MR) is 68.4 cm³/mol. The second-order valence-corrected chi connectivity index (χ2v) is 5.02. The van der Waals surface area contributed by atoms with Gasteiger partial charge < -0.3 is 9.47 Å². The van der Waals surface area contributed by atoms with Crippen molar-refractivity contribution in [1.29, 1.82) is 0 Å². The summed E-state index contributed by atoms with van der Waals surface area (Å²) in [4.78, 5) is 11.9. The van der Waals surface area contributed by atoms with Crippen LogP contribution in [0.1, 0.15) is 23.7 Å². The van der Waals surface area contributed by atoms with Crippen LogP contribution in [-0.4, -0.2) is 29.4 Å². The molecule has 4 atom stereocenters. The highest BCUT2D eigenvalue weighted by Crippen LogP contribution is 2.32. The van der Waals surface area contributed by atoms with Crippen molar-refractivity contribution >= 4 is 21.9 Å². The minimum Gasteiger partial charge on any atom is -0.453 e. The molecule has 1 heterocycles. The van der Waals surface area contributed by atoms with E-state index in [0.29, 0.717) is 12.0 Å². The monoisotopic (exact) mass is 316 g/mol. The molecule has 0 unspecified atom stereocenters. The van der Waals surface area contributed by atoms with E-state index in [4.69, 9.17) is 9.47 Å². The number of carbonyl (C=O) groups excluding carboxylic acids is 1. The lowest BCUT2D eigenvalue weighted by Crippen LogP contribution is -2.33. The Labute approximate surface area is 113 Å². The van der Waals surface area contributed by atoms with E-state index in [2.05, 4.69) is 15.9 Å². The normalized spacial score (nSPS) is 31.3. The fourth-order valence-electron chi connectivity index (χ4n) is 1.91. The van der Waals surface area contributed by atoms with Crippen molar-refractivity contribution in [2.45, 2.75) is 36.7 Å². The Bertz CT molecular complexity index is 412. The van der Waals surface area contributed by atoms with Crippen LogP contribution in [0, 0.1) is 0 Å². The zero-order chi connectivity index (χ0) is 13.1. The maximum absolute atomic E-state index is 13.8. The van der Waals surface area contributed by atoms with Gasteiger partial charge in [0.25, 0.3) is 0 Å². The zero-order valence-electron chi connectivity index (χ0n) is 9.88. The van der Waals surface area contributed by atoms with E-state index >= 15 is 0 Å². The lowest BCUT2D eigenvalue weighted by molar-refractivity contribution is -0.00905. The van der Waals surface area contributed by atoms with Gasteiger partial charge in [-0.05, 0) is 18.6 Å². The first-order valence-electron chi connectivity index (χ1n) is 5.83. The van der Waals surface area contributed by atoms with Gasteiger partial charge in [0.05, 0.1) is 11.7 Å². The van der Waals surface area contributed by atoms with Crippen LogP contribution in [0.4, 0.5) is 4.39 Å². The van der Waals surface area contributed by atoms with Gasteiger partial charge >= 0.3 is 5.97 Å². The van der Waals surface area contributed by atoms with E-state index in [0.717, 1.165) is 0 Å². The topological polar surface area (TPSA) is 35.5 Å². The standard InChI is InChI=1S/C13H14BrFO3/c1-2-9-11(10(15)12(14)17-9)18-13(16)8-6-4-3-5-7-8/h3-7,9-12H,2H2,1H3/t9-,10+,11-,12+/m0/s1. The molecule has 0 amide bonds. The molecular formula is C13H14BrFO3. The van der Waals surface area contributed by atoms with Crippen LogP contribution in [-0.2, 0) is 9.47 Å². The van der Waals surface area contributed by atoms with Gasteiger partial charge in [-0.2, -0.15) is 0 Å². The second-order valence-electron chi connectivity index (χ2n) is 4.11. The molecule has 3 nitrogen and oxygen atoms in total. The summed E-state index contributed by atoms with van der Waals surface area (Å²) in [6.07, 6.45) is -2.01. The summed E-state index contributed by atoms with van der Waals surface area (Å²) in [6.45, 7) is 1.87. The van der Waals surface area contributed by atoms with E-state index < -0.39 is 29.4 Å². The minimum atomic E-state index is -1.34. The van der Waals surface area contributed by atoms with Crippen LogP contribution >= 0.6 is 15.9 Å². The van der Waals surface area contributed by atoms with Gasteiger partial charge in [0, 0.05) is 0 Å². The van der Waals surface area contributed by atoms with Gasteiger partial charge in [-0.25, -0.2) is 9.18 Å². The lowest BCUT2D eigenvalue weighted by atomic mass is 10.1. The maximum atomic E-state index is 13.8. The Morgan fingerprint density at radius 3 is 2.72 bits per heavy atom. The molecule has 0 bridgehead atoms. The number of benzene rings is 1. The summed E-state index contributed by atoms with van der Waals surface area (Å²) in [5, 5.41) is -0.712. The Morgan fingerprint density at radius 1 is 1.44 bits per heavy atom. The number of ether oxygens (including phenoxy) is 2. The van der Waals surface area contributed by atoms with Gasteiger partial charge in [0.2, 0.25) is 0 Å². The van der Waals surface area contributed by atoms with Crippen molar-refractivity contribution in [3.8, 4) is 0 Å². The molecule has 1 aliphatic heterocycles. The number of rotatable bonds is 3. The summed E-state index contributed by atoms with van der Waals surface area (Å²) in [7, 11) is 0. The number of esters is 1. The highest BCUT2D eigenvalue weighted by atomic mass is 79.9. The summed E-state index contributed by atoms with van der Waals surface area (Å²) in [5.41, 5.74) is 0.414. The van der Waals surface area contributed by atoms with Gasteiger partial charge in [-0.1, -0.05) is 41.1 Å². The number of carbonyl (C=O) groups is 1. The van der Waals surface area contributed by atoms with Crippen LogP contribution in [0.25, 0.3) is 0 Å². The molecule has 98 valence electrons. The van der Waals surface area contributed by atoms with Gasteiger partial charge in [0.1, 0.15) is 5.01 Å². The number of halogens is 2. The second kappa shape index (κ2) is 5.80. The van der Waals surface area contributed by atoms with Crippen molar-refractivity contribution in [3.63, 3.8) is 0 Å². The third kappa shape index (κ3) is 2.72. The number of hydrogen-bond donors (Lipinski definition) is 0. The lowest BCUT2D eigenvalue weighted by Gasteiger charge is -2.18. The number of hydrogen-bond acceptors (Lipinski definition) is 3. The van der Waals surface area contributed by atoms with Crippen LogP contribution < -0.4 is 0 Å². The maximum Gasteiger partial charge on any atom is 0.338 e. The highest BCUT2D eigenvalue weighted by molar-refractivity contribution is 9.09. The smallest absolute Gasteiger partial charge is 0.338 e. The quantitative estimate of drug-likeness (QED) is 0.635. The predicted octanol–water partition coefficient (Wildman–Crippen LogP) is 3.08. The molecule has 2 rings (SSSR count). The SMILES string of the molecule is CC[C@@H]1O[C@@H](Br)[C@H](F)[C@H]1OC(=O)c1ccccc1. The average Bonchev–Trinajstić information content (AvgIpc) is 2.67. The van der Waals surface area contributed by atoms with E-state index in [9.17, 15) is 9.18 Å². The molecule has 1 saturated heterocycles. The first-order chi connectivity index (χ1) is 8.63. The van der Waals surface area contributed by atoms with Gasteiger partial charge in [-0.15, -0.1) is 0 Å². The first kappa shape index (κ1) is 13.5. The molecule has 5 heteroatoms.